The predicted octanol–water partition coefficient (Wildman–Crippen LogP) is 14.3. The fourth-order valence-corrected chi connectivity index (χ4v) is 8.96. The average Bonchev–Trinajstić information content (AvgIpc) is 3.80. The van der Waals surface area contributed by atoms with Crippen LogP contribution in [0.3, 0.4) is 0 Å². The first kappa shape index (κ1) is 32.1. The van der Waals surface area contributed by atoms with Gasteiger partial charge in [-0.15, -0.1) is 0 Å². The molecule has 0 N–H and O–H groups in total. The first-order chi connectivity index (χ1) is 27.8. The molecule has 1 aromatic heterocycles. The topological polar surface area (TPSA) is 19.6 Å². The minimum absolute atomic E-state index is 0.857. The number of nitrogens with zero attached hydrogens (tertiary/aromatic N) is 2. The molecule has 0 atom stereocenters. The van der Waals surface area contributed by atoms with Gasteiger partial charge in [-0.05, 0) is 81.6 Å². The molecule has 0 spiro atoms. The Morgan fingerprint density at radius 2 is 0.821 bits per heavy atom. The van der Waals surface area contributed by atoms with E-state index in [1.165, 1.54) is 21.9 Å². The van der Waals surface area contributed by atoms with Gasteiger partial charge in [-0.1, -0.05) is 164 Å². The van der Waals surface area contributed by atoms with E-state index in [1.54, 1.807) is 0 Å². The van der Waals surface area contributed by atoms with Crippen molar-refractivity contribution in [3.8, 4) is 22.3 Å². The van der Waals surface area contributed by atoms with Gasteiger partial charge in [0.2, 0.25) is 0 Å². The Morgan fingerprint density at radius 3 is 1.39 bits per heavy atom. The fraction of sp³-hybridized carbons (Fsp3) is 0.0189. The molecule has 3 heteroatoms. The Kier molecular flexibility index (Phi) is 7.39. The fourth-order valence-electron chi connectivity index (χ4n) is 8.96. The molecule has 1 aliphatic heterocycles. The van der Waals surface area contributed by atoms with Crippen LogP contribution in [0.5, 0.6) is 0 Å². The van der Waals surface area contributed by atoms with E-state index in [1.807, 2.05) is 0 Å². The minimum Gasteiger partial charge on any atom is -0.456 e. The Balaban J connectivity index is 1.30. The Labute approximate surface area is 325 Å². The van der Waals surface area contributed by atoms with E-state index in [-0.39, 0.29) is 0 Å². The van der Waals surface area contributed by atoms with Gasteiger partial charge in [-0.25, -0.2) is 0 Å². The van der Waals surface area contributed by atoms with E-state index in [4.69, 9.17) is 4.42 Å². The Hall–Kier alpha value is -7.36. The molecule has 3 nitrogen and oxygen atoms in total. The summed E-state index contributed by atoms with van der Waals surface area (Å²) in [6, 6.07) is 78.8. The summed E-state index contributed by atoms with van der Waals surface area (Å²) < 4.78 is 6.80. The van der Waals surface area contributed by atoms with Crippen molar-refractivity contribution in [1.29, 1.82) is 0 Å². The third kappa shape index (κ3) is 4.91. The van der Waals surface area contributed by atoms with Crippen LogP contribution < -0.4 is 9.80 Å². The second-order valence-electron chi connectivity index (χ2n) is 14.5. The summed E-state index contributed by atoms with van der Waals surface area (Å²) in [6.45, 7) is 0. The van der Waals surface area contributed by atoms with Crippen molar-refractivity contribution >= 4 is 55.5 Å². The minimum atomic E-state index is -0.892. The van der Waals surface area contributed by atoms with E-state index in [0.717, 1.165) is 66.9 Å². The number of hydrogen-bond acceptors (Lipinski definition) is 3. The van der Waals surface area contributed by atoms with Gasteiger partial charge in [0.05, 0.1) is 11.4 Å². The lowest BCUT2D eigenvalue weighted by Crippen LogP contribution is -2.51. The Bertz CT molecular complexity index is 2940. The van der Waals surface area contributed by atoms with Gasteiger partial charge < -0.3 is 14.2 Å². The monoisotopic (exact) mass is 716 g/mol. The third-order valence-electron chi connectivity index (χ3n) is 11.4. The van der Waals surface area contributed by atoms with Crippen molar-refractivity contribution in [2.75, 3.05) is 9.80 Å². The molecule has 0 amide bonds. The van der Waals surface area contributed by atoms with Gasteiger partial charge in [-0.3, -0.25) is 0 Å². The number of rotatable bonds is 6. The van der Waals surface area contributed by atoms with Crippen molar-refractivity contribution in [2.24, 2.45) is 0 Å². The molecule has 0 saturated carbocycles. The van der Waals surface area contributed by atoms with Crippen LogP contribution in [0, 0.1) is 0 Å². The SMILES string of the molecule is c1ccc(-c2cccc(C3(c4cccc(-c5ccccc5)c4)N(c4ccccc4)c4cc5oc6ccc7ccccc7c6c5cc4N3c3ccccc3)c2)cc1. The first-order valence-electron chi connectivity index (χ1n) is 19.2. The highest BCUT2D eigenvalue weighted by Gasteiger charge is 2.54. The third-order valence-corrected chi connectivity index (χ3v) is 11.4. The van der Waals surface area contributed by atoms with Crippen molar-refractivity contribution in [1.82, 2.24) is 0 Å². The summed E-state index contributed by atoms with van der Waals surface area (Å²) in [5.41, 5.74) is 12.1. The lowest BCUT2D eigenvalue weighted by atomic mass is 9.84. The highest BCUT2D eigenvalue weighted by molar-refractivity contribution is 6.20. The van der Waals surface area contributed by atoms with E-state index in [0.29, 0.717) is 0 Å². The van der Waals surface area contributed by atoms with Crippen molar-refractivity contribution in [3.63, 3.8) is 0 Å². The maximum absolute atomic E-state index is 6.80. The molecule has 0 aliphatic carbocycles. The van der Waals surface area contributed by atoms with Gasteiger partial charge in [0.1, 0.15) is 11.2 Å². The van der Waals surface area contributed by atoms with Crippen LogP contribution >= 0.6 is 0 Å². The van der Waals surface area contributed by atoms with Gasteiger partial charge in [0, 0.05) is 39.3 Å². The van der Waals surface area contributed by atoms with Crippen LogP contribution in [-0.4, -0.2) is 0 Å². The maximum atomic E-state index is 6.80. The number of benzene rings is 9. The van der Waals surface area contributed by atoms with E-state index in [2.05, 4.69) is 228 Å². The lowest BCUT2D eigenvalue weighted by molar-refractivity contribution is 0.560. The van der Waals surface area contributed by atoms with Gasteiger partial charge >= 0.3 is 0 Å². The van der Waals surface area contributed by atoms with Crippen LogP contribution in [0.4, 0.5) is 22.7 Å². The highest BCUT2D eigenvalue weighted by Crippen LogP contribution is 2.61. The van der Waals surface area contributed by atoms with Crippen LogP contribution in [0.15, 0.2) is 223 Å². The summed E-state index contributed by atoms with van der Waals surface area (Å²) in [7, 11) is 0. The molecule has 0 saturated heterocycles. The zero-order chi connectivity index (χ0) is 37.1. The number of anilines is 4. The van der Waals surface area contributed by atoms with Crippen LogP contribution in [0.2, 0.25) is 0 Å². The lowest BCUT2D eigenvalue weighted by Gasteiger charge is -2.47. The molecule has 1 aliphatic rings. The summed E-state index contributed by atoms with van der Waals surface area (Å²) >= 11 is 0. The highest BCUT2D eigenvalue weighted by atomic mass is 16.3. The summed E-state index contributed by atoms with van der Waals surface area (Å²) in [5, 5.41) is 4.61. The predicted molar refractivity (Wildman–Crippen MR) is 233 cm³/mol. The molecule has 9 aromatic carbocycles. The first-order valence-corrected chi connectivity index (χ1v) is 19.2. The number of furan rings is 1. The van der Waals surface area contributed by atoms with Crippen LogP contribution in [-0.2, 0) is 5.66 Å². The molecule has 2 heterocycles. The van der Waals surface area contributed by atoms with Crippen molar-refractivity contribution in [3.05, 3.63) is 230 Å². The molecular formula is C53H36N2O. The summed E-state index contributed by atoms with van der Waals surface area (Å²) in [6.07, 6.45) is 0. The van der Waals surface area contributed by atoms with Crippen LogP contribution in [0.1, 0.15) is 11.1 Å². The smallest absolute Gasteiger partial charge is 0.175 e. The largest absolute Gasteiger partial charge is 0.456 e. The Morgan fingerprint density at radius 1 is 0.339 bits per heavy atom. The standard InChI is InChI=1S/C53H36N2O/c1-5-17-37(18-6-1)40-22-15-24-42(33-40)53(43-25-16-23-41(34-43)38-19-7-2-8-20-38)54(44-26-9-3-10-27-44)48-35-47-51(36-49(48)55(53)45-28-11-4-12-29-45)56-50-32-31-39-21-13-14-30-46(39)52(47)50/h1-36H. The zero-order valence-electron chi connectivity index (χ0n) is 30.6. The second-order valence-corrected chi connectivity index (χ2v) is 14.5. The molecular weight excluding hydrogens is 681 g/mol. The van der Waals surface area contributed by atoms with Crippen molar-refractivity contribution < 1.29 is 4.42 Å². The average molecular weight is 717 g/mol. The molecule has 10 aromatic rings. The van der Waals surface area contributed by atoms with Gasteiger partial charge in [0.25, 0.3) is 0 Å². The molecule has 0 radical (unpaired) electrons. The quantitative estimate of drug-likeness (QED) is 0.171. The molecule has 0 fully saturated rings. The maximum Gasteiger partial charge on any atom is 0.175 e. The molecule has 56 heavy (non-hydrogen) atoms. The molecule has 0 bridgehead atoms. The van der Waals surface area contributed by atoms with E-state index >= 15 is 0 Å². The van der Waals surface area contributed by atoms with Crippen molar-refractivity contribution in [2.45, 2.75) is 5.66 Å². The van der Waals surface area contributed by atoms with E-state index < -0.39 is 5.66 Å². The summed E-state index contributed by atoms with van der Waals surface area (Å²) in [4.78, 5) is 5.10. The number of para-hydroxylation sites is 2. The number of hydrogen-bond donors (Lipinski definition) is 0. The van der Waals surface area contributed by atoms with Gasteiger partial charge in [-0.2, -0.15) is 0 Å². The number of fused-ring (bicyclic) bond motifs is 6. The molecule has 11 rings (SSSR count). The molecule has 264 valence electrons. The normalized spacial score (nSPS) is 13.4. The summed E-state index contributed by atoms with van der Waals surface area (Å²) in [5.74, 6) is 0. The van der Waals surface area contributed by atoms with E-state index in [9.17, 15) is 0 Å². The van der Waals surface area contributed by atoms with Crippen LogP contribution in [0.25, 0.3) is 55.0 Å². The van der Waals surface area contributed by atoms with Gasteiger partial charge in [0.15, 0.2) is 5.66 Å². The second kappa shape index (κ2) is 12.9. The zero-order valence-corrected chi connectivity index (χ0v) is 30.6. The molecule has 0 unspecified atom stereocenters.